The van der Waals surface area contributed by atoms with Crippen molar-refractivity contribution >= 4 is 34.7 Å². The van der Waals surface area contributed by atoms with Crippen LogP contribution in [0.3, 0.4) is 0 Å². The van der Waals surface area contributed by atoms with E-state index in [1.54, 1.807) is 24.3 Å². The maximum absolute atomic E-state index is 12.4. The third-order valence-corrected chi connectivity index (χ3v) is 4.64. The van der Waals surface area contributed by atoms with Gasteiger partial charge in [0.1, 0.15) is 11.6 Å². The SMILES string of the molecule is CC(=O)c1ccc(NC(=O)Cn2ncc(N3CCCC3)c(Cl)c2=O)cc1. The normalized spacial score (nSPS) is 13.7. The molecule has 1 N–H and O–H groups in total. The molecule has 1 aliphatic heterocycles. The number of aromatic nitrogens is 2. The highest BCUT2D eigenvalue weighted by atomic mass is 35.5. The fraction of sp³-hybridized carbons (Fsp3) is 0.333. The molecule has 26 heavy (non-hydrogen) atoms. The molecule has 1 saturated heterocycles. The largest absolute Gasteiger partial charge is 0.369 e. The Labute approximate surface area is 155 Å². The predicted molar refractivity (Wildman–Crippen MR) is 100 cm³/mol. The summed E-state index contributed by atoms with van der Waals surface area (Å²) in [7, 11) is 0. The van der Waals surface area contributed by atoms with Gasteiger partial charge in [0.05, 0.1) is 11.9 Å². The van der Waals surface area contributed by atoms with Crippen molar-refractivity contribution in [3.8, 4) is 0 Å². The zero-order valence-corrected chi connectivity index (χ0v) is 15.1. The lowest BCUT2D eigenvalue weighted by Crippen LogP contribution is -2.31. The molecular formula is C18H19ClN4O3. The van der Waals surface area contributed by atoms with Crippen molar-refractivity contribution < 1.29 is 9.59 Å². The number of hydrogen-bond donors (Lipinski definition) is 1. The summed E-state index contributed by atoms with van der Waals surface area (Å²) >= 11 is 6.19. The van der Waals surface area contributed by atoms with Crippen LogP contribution in [0.1, 0.15) is 30.1 Å². The van der Waals surface area contributed by atoms with Gasteiger partial charge in [-0.25, -0.2) is 4.68 Å². The summed E-state index contributed by atoms with van der Waals surface area (Å²) in [5.41, 5.74) is 1.22. The predicted octanol–water partition coefficient (Wildman–Crippen LogP) is 2.34. The Balaban J connectivity index is 1.70. The number of ketones is 1. The van der Waals surface area contributed by atoms with Crippen molar-refractivity contribution in [3.63, 3.8) is 0 Å². The number of rotatable bonds is 5. The van der Waals surface area contributed by atoms with Crippen LogP contribution >= 0.6 is 11.6 Å². The molecule has 0 unspecified atom stereocenters. The summed E-state index contributed by atoms with van der Waals surface area (Å²) in [6.45, 7) is 2.93. The van der Waals surface area contributed by atoms with E-state index in [-0.39, 0.29) is 17.4 Å². The van der Waals surface area contributed by atoms with Gasteiger partial charge in [0.2, 0.25) is 5.91 Å². The van der Waals surface area contributed by atoms with E-state index in [1.165, 1.54) is 13.1 Å². The lowest BCUT2D eigenvalue weighted by molar-refractivity contribution is -0.117. The molecule has 0 saturated carbocycles. The number of benzene rings is 1. The van der Waals surface area contributed by atoms with Crippen LogP contribution in [0.4, 0.5) is 11.4 Å². The van der Waals surface area contributed by atoms with Gasteiger partial charge in [0.15, 0.2) is 5.78 Å². The molecule has 1 fully saturated rings. The van der Waals surface area contributed by atoms with E-state index in [9.17, 15) is 14.4 Å². The minimum absolute atomic E-state index is 0.0497. The van der Waals surface area contributed by atoms with Gasteiger partial charge in [0, 0.05) is 24.3 Å². The molecule has 1 amide bonds. The number of nitrogens with one attached hydrogen (secondary N) is 1. The number of nitrogens with zero attached hydrogens (tertiary/aromatic N) is 3. The number of carbonyl (C=O) groups excluding carboxylic acids is 2. The van der Waals surface area contributed by atoms with Crippen LogP contribution in [0.5, 0.6) is 0 Å². The first-order valence-electron chi connectivity index (χ1n) is 8.37. The molecule has 8 heteroatoms. The third kappa shape index (κ3) is 3.94. The van der Waals surface area contributed by atoms with E-state index in [2.05, 4.69) is 10.4 Å². The average molecular weight is 375 g/mol. The molecule has 0 aliphatic carbocycles. The fourth-order valence-electron chi connectivity index (χ4n) is 2.87. The number of carbonyl (C=O) groups is 2. The van der Waals surface area contributed by atoms with E-state index in [0.717, 1.165) is 30.6 Å². The first-order valence-corrected chi connectivity index (χ1v) is 8.75. The van der Waals surface area contributed by atoms with Crippen molar-refractivity contribution in [1.29, 1.82) is 0 Å². The number of halogens is 1. The van der Waals surface area contributed by atoms with E-state index in [1.807, 2.05) is 4.90 Å². The van der Waals surface area contributed by atoms with E-state index in [4.69, 9.17) is 11.6 Å². The Hall–Kier alpha value is -2.67. The highest BCUT2D eigenvalue weighted by Crippen LogP contribution is 2.24. The molecule has 0 radical (unpaired) electrons. The van der Waals surface area contributed by atoms with Gasteiger partial charge >= 0.3 is 0 Å². The molecule has 1 aromatic heterocycles. The van der Waals surface area contributed by atoms with Crippen LogP contribution in [0.2, 0.25) is 5.02 Å². The van der Waals surface area contributed by atoms with Crippen molar-refractivity contribution in [2.45, 2.75) is 26.3 Å². The molecule has 2 aromatic rings. The monoisotopic (exact) mass is 374 g/mol. The molecule has 3 rings (SSSR count). The van der Waals surface area contributed by atoms with Crippen LogP contribution < -0.4 is 15.8 Å². The molecule has 0 atom stereocenters. The summed E-state index contributed by atoms with van der Waals surface area (Å²) < 4.78 is 1.04. The van der Waals surface area contributed by atoms with Crippen LogP contribution in [-0.4, -0.2) is 34.6 Å². The van der Waals surface area contributed by atoms with Crippen LogP contribution in [0, 0.1) is 0 Å². The summed E-state index contributed by atoms with van der Waals surface area (Å²) in [6.07, 6.45) is 3.65. The van der Waals surface area contributed by atoms with Gasteiger partial charge in [-0.15, -0.1) is 0 Å². The summed E-state index contributed by atoms with van der Waals surface area (Å²) in [4.78, 5) is 37.8. The number of amides is 1. The second kappa shape index (κ2) is 7.70. The molecule has 1 aromatic carbocycles. The average Bonchev–Trinajstić information content (AvgIpc) is 3.14. The van der Waals surface area contributed by atoms with Gasteiger partial charge in [0.25, 0.3) is 5.56 Å². The molecule has 1 aliphatic rings. The number of anilines is 2. The van der Waals surface area contributed by atoms with Gasteiger partial charge in [-0.1, -0.05) is 11.6 Å². The van der Waals surface area contributed by atoms with Gasteiger partial charge in [-0.05, 0) is 44.0 Å². The quantitative estimate of drug-likeness (QED) is 0.812. The highest BCUT2D eigenvalue weighted by Gasteiger charge is 2.19. The Kier molecular flexibility index (Phi) is 5.37. The smallest absolute Gasteiger partial charge is 0.288 e. The zero-order valence-electron chi connectivity index (χ0n) is 14.4. The second-order valence-electron chi connectivity index (χ2n) is 6.18. The summed E-state index contributed by atoms with van der Waals surface area (Å²) in [6, 6.07) is 6.52. The maximum atomic E-state index is 12.4. The Bertz CT molecular complexity index is 886. The zero-order chi connectivity index (χ0) is 18.7. The first-order chi connectivity index (χ1) is 12.5. The van der Waals surface area contributed by atoms with Crippen molar-refractivity contribution in [1.82, 2.24) is 9.78 Å². The molecule has 2 heterocycles. The van der Waals surface area contributed by atoms with Gasteiger partial charge in [-0.3, -0.25) is 14.4 Å². The molecule has 0 bridgehead atoms. The topological polar surface area (TPSA) is 84.3 Å². The number of hydrogen-bond acceptors (Lipinski definition) is 5. The molecular weight excluding hydrogens is 356 g/mol. The van der Waals surface area contributed by atoms with E-state index in [0.29, 0.717) is 16.9 Å². The van der Waals surface area contributed by atoms with Crippen LogP contribution in [0.25, 0.3) is 0 Å². The standard InChI is InChI=1S/C18H19ClN4O3/c1-12(24)13-4-6-14(7-5-13)21-16(25)11-23-18(26)17(19)15(10-20-23)22-8-2-3-9-22/h4-7,10H,2-3,8-9,11H2,1H3,(H,21,25). The minimum Gasteiger partial charge on any atom is -0.369 e. The number of Topliss-reactive ketones (excluding diaryl/α,β-unsaturated/α-hetero) is 1. The van der Waals surface area contributed by atoms with Gasteiger partial charge < -0.3 is 10.2 Å². The molecule has 0 spiro atoms. The lowest BCUT2D eigenvalue weighted by atomic mass is 10.1. The van der Waals surface area contributed by atoms with Crippen molar-refractivity contribution in [2.75, 3.05) is 23.3 Å². The third-order valence-electron chi connectivity index (χ3n) is 4.28. The molecule has 7 nitrogen and oxygen atoms in total. The van der Waals surface area contributed by atoms with E-state index >= 15 is 0 Å². The Morgan fingerprint density at radius 2 is 1.85 bits per heavy atom. The van der Waals surface area contributed by atoms with Crippen LogP contribution in [0.15, 0.2) is 35.3 Å². The Morgan fingerprint density at radius 1 is 1.19 bits per heavy atom. The fourth-order valence-corrected chi connectivity index (χ4v) is 3.14. The Morgan fingerprint density at radius 3 is 2.46 bits per heavy atom. The van der Waals surface area contributed by atoms with Gasteiger partial charge in [-0.2, -0.15) is 5.10 Å². The van der Waals surface area contributed by atoms with Crippen molar-refractivity contribution in [3.05, 3.63) is 51.4 Å². The lowest BCUT2D eigenvalue weighted by Gasteiger charge is -2.18. The van der Waals surface area contributed by atoms with Crippen LogP contribution in [-0.2, 0) is 11.3 Å². The maximum Gasteiger partial charge on any atom is 0.288 e. The van der Waals surface area contributed by atoms with Crippen molar-refractivity contribution in [2.24, 2.45) is 0 Å². The first kappa shape index (κ1) is 18.1. The molecule has 136 valence electrons. The summed E-state index contributed by atoms with van der Waals surface area (Å²) in [5, 5.41) is 6.83. The minimum atomic E-state index is -0.488. The van der Waals surface area contributed by atoms with E-state index < -0.39 is 11.5 Å². The summed E-state index contributed by atoms with van der Waals surface area (Å²) in [5.74, 6) is -0.452. The highest BCUT2D eigenvalue weighted by molar-refractivity contribution is 6.33. The second-order valence-corrected chi connectivity index (χ2v) is 6.56.